The molecular formula is C12H11FN2O3S. The Hall–Kier alpha value is -1.76. The Kier molecular flexibility index (Phi) is 2.85. The number of rotatable bonds is 4. The fourth-order valence-electron chi connectivity index (χ4n) is 1.72. The molecule has 19 heavy (non-hydrogen) atoms. The SMILES string of the molecule is O=S(=O)(Cc1nc(C2CC2)no1)c1ccc(F)cc1. The molecule has 1 saturated carbocycles. The summed E-state index contributed by atoms with van der Waals surface area (Å²) < 4.78 is 41.8. The molecule has 3 rings (SSSR count). The van der Waals surface area contributed by atoms with Crippen LogP contribution in [0.1, 0.15) is 30.5 Å². The van der Waals surface area contributed by atoms with Gasteiger partial charge in [-0.2, -0.15) is 4.98 Å². The van der Waals surface area contributed by atoms with Gasteiger partial charge < -0.3 is 4.52 Å². The van der Waals surface area contributed by atoms with Crippen molar-refractivity contribution in [2.45, 2.75) is 29.4 Å². The third kappa shape index (κ3) is 2.65. The number of nitrogens with zero attached hydrogens (tertiary/aromatic N) is 2. The van der Waals surface area contributed by atoms with Crippen LogP contribution in [0.2, 0.25) is 0 Å². The number of hydrogen-bond donors (Lipinski definition) is 0. The highest BCUT2D eigenvalue weighted by atomic mass is 32.2. The van der Waals surface area contributed by atoms with Gasteiger partial charge in [0.25, 0.3) is 0 Å². The summed E-state index contributed by atoms with van der Waals surface area (Å²) in [5.74, 6) is 0.118. The first-order valence-corrected chi connectivity index (χ1v) is 7.50. The lowest BCUT2D eigenvalue weighted by Crippen LogP contribution is -2.05. The molecule has 0 saturated heterocycles. The topological polar surface area (TPSA) is 73.1 Å². The Bertz CT molecular complexity index is 690. The zero-order valence-corrected chi connectivity index (χ0v) is 10.7. The summed E-state index contributed by atoms with van der Waals surface area (Å²) >= 11 is 0. The molecule has 0 amide bonds. The van der Waals surface area contributed by atoms with Crippen molar-refractivity contribution < 1.29 is 17.3 Å². The van der Waals surface area contributed by atoms with Gasteiger partial charge in [-0.15, -0.1) is 0 Å². The molecule has 2 aromatic rings. The molecule has 1 aliphatic rings. The zero-order valence-electron chi connectivity index (χ0n) is 9.91. The number of sulfone groups is 1. The van der Waals surface area contributed by atoms with Crippen molar-refractivity contribution in [3.63, 3.8) is 0 Å². The molecule has 0 spiro atoms. The van der Waals surface area contributed by atoms with Gasteiger partial charge in [0, 0.05) is 5.92 Å². The standard InChI is InChI=1S/C12H11FN2O3S/c13-9-3-5-10(6-4-9)19(16,17)7-11-14-12(15-18-11)8-1-2-8/h3-6,8H,1-2,7H2. The lowest BCUT2D eigenvalue weighted by Gasteiger charge is -2.00. The lowest BCUT2D eigenvalue weighted by molar-refractivity contribution is 0.383. The van der Waals surface area contributed by atoms with Crippen LogP contribution in [0.5, 0.6) is 0 Å². The molecular weight excluding hydrogens is 271 g/mol. The van der Waals surface area contributed by atoms with Crippen molar-refractivity contribution in [1.29, 1.82) is 0 Å². The van der Waals surface area contributed by atoms with Gasteiger partial charge in [-0.05, 0) is 37.1 Å². The van der Waals surface area contributed by atoms with E-state index in [2.05, 4.69) is 10.1 Å². The second kappa shape index (κ2) is 4.41. The van der Waals surface area contributed by atoms with Gasteiger partial charge in [-0.1, -0.05) is 5.16 Å². The van der Waals surface area contributed by atoms with E-state index in [4.69, 9.17) is 4.52 Å². The van der Waals surface area contributed by atoms with E-state index in [-0.39, 0.29) is 16.5 Å². The molecule has 0 atom stereocenters. The average Bonchev–Trinajstić information content (AvgIpc) is 3.11. The Morgan fingerprint density at radius 1 is 1.26 bits per heavy atom. The van der Waals surface area contributed by atoms with E-state index in [9.17, 15) is 12.8 Å². The Balaban J connectivity index is 1.81. The summed E-state index contributed by atoms with van der Waals surface area (Å²) in [7, 11) is -3.58. The van der Waals surface area contributed by atoms with Crippen LogP contribution in [0.3, 0.4) is 0 Å². The number of benzene rings is 1. The highest BCUT2D eigenvalue weighted by Crippen LogP contribution is 2.38. The minimum Gasteiger partial charge on any atom is -0.338 e. The van der Waals surface area contributed by atoms with Crippen molar-refractivity contribution in [1.82, 2.24) is 10.1 Å². The quantitative estimate of drug-likeness (QED) is 0.802. The largest absolute Gasteiger partial charge is 0.338 e. The molecule has 7 heteroatoms. The van der Waals surface area contributed by atoms with E-state index in [1.807, 2.05) is 0 Å². The zero-order chi connectivity index (χ0) is 13.5. The van der Waals surface area contributed by atoms with E-state index >= 15 is 0 Å². The van der Waals surface area contributed by atoms with Gasteiger partial charge in [0.05, 0.1) is 4.90 Å². The van der Waals surface area contributed by atoms with Gasteiger partial charge >= 0.3 is 0 Å². The van der Waals surface area contributed by atoms with Crippen LogP contribution in [0, 0.1) is 5.82 Å². The first-order chi connectivity index (χ1) is 9.04. The van der Waals surface area contributed by atoms with Crippen LogP contribution in [0.15, 0.2) is 33.7 Å². The fourth-order valence-corrected chi connectivity index (χ4v) is 2.88. The van der Waals surface area contributed by atoms with Gasteiger partial charge in [0.2, 0.25) is 5.89 Å². The predicted molar refractivity (Wildman–Crippen MR) is 63.6 cm³/mol. The second-order valence-corrected chi connectivity index (χ2v) is 6.52. The minimum absolute atomic E-state index is 0.0417. The predicted octanol–water partition coefficient (Wildman–Crippen LogP) is 2.06. The Morgan fingerprint density at radius 3 is 2.58 bits per heavy atom. The molecule has 0 unspecified atom stereocenters. The average molecular weight is 282 g/mol. The lowest BCUT2D eigenvalue weighted by atomic mass is 10.4. The van der Waals surface area contributed by atoms with E-state index < -0.39 is 15.7 Å². The fraction of sp³-hybridized carbons (Fsp3) is 0.333. The highest BCUT2D eigenvalue weighted by Gasteiger charge is 2.29. The second-order valence-electron chi connectivity index (χ2n) is 4.53. The third-order valence-corrected chi connectivity index (χ3v) is 4.53. The molecule has 0 aliphatic heterocycles. The third-order valence-electron chi connectivity index (χ3n) is 2.91. The summed E-state index contributed by atoms with van der Waals surface area (Å²) in [4.78, 5) is 4.11. The molecule has 0 radical (unpaired) electrons. The minimum atomic E-state index is -3.58. The summed E-state index contributed by atoms with van der Waals surface area (Å²) in [6.07, 6.45) is 2.04. The summed E-state index contributed by atoms with van der Waals surface area (Å²) in [5, 5.41) is 3.76. The maximum Gasteiger partial charge on any atom is 0.242 e. The molecule has 0 N–H and O–H groups in total. The summed E-state index contributed by atoms with van der Waals surface area (Å²) in [6, 6.07) is 4.67. The van der Waals surface area contributed by atoms with Crippen molar-refractivity contribution in [3.05, 3.63) is 41.8 Å². The van der Waals surface area contributed by atoms with Gasteiger partial charge in [0.15, 0.2) is 15.7 Å². The van der Waals surface area contributed by atoms with Crippen molar-refractivity contribution in [3.8, 4) is 0 Å². The van der Waals surface area contributed by atoms with Crippen LogP contribution < -0.4 is 0 Å². The first kappa shape index (κ1) is 12.3. The highest BCUT2D eigenvalue weighted by molar-refractivity contribution is 7.90. The van der Waals surface area contributed by atoms with E-state index in [0.29, 0.717) is 11.7 Å². The Labute approximate surface area is 109 Å². The van der Waals surface area contributed by atoms with Crippen LogP contribution in [0.25, 0.3) is 0 Å². The van der Waals surface area contributed by atoms with Crippen molar-refractivity contribution in [2.75, 3.05) is 0 Å². The maximum absolute atomic E-state index is 12.8. The van der Waals surface area contributed by atoms with Gasteiger partial charge in [0.1, 0.15) is 11.6 Å². The smallest absolute Gasteiger partial charge is 0.242 e. The van der Waals surface area contributed by atoms with Crippen LogP contribution in [-0.4, -0.2) is 18.6 Å². The Morgan fingerprint density at radius 2 is 1.95 bits per heavy atom. The summed E-state index contributed by atoms with van der Waals surface area (Å²) in [6.45, 7) is 0. The molecule has 100 valence electrons. The molecule has 0 bridgehead atoms. The van der Waals surface area contributed by atoms with Crippen LogP contribution in [-0.2, 0) is 15.6 Å². The van der Waals surface area contributed by atoms with Crippen LogP contribution >= 0.6 is 0 Å². The van der Waals surface area contributed by atoms with E-state index in [1.165, 1.54) is 12.1 Å². The molecule has 1 aliphatic carbocycles. The number of halogens is 1. The normalized spacial score (nSPS) is 15.6. The summed E-state index contributed by atoms with van der Waals surface area (Å²) in [5.41, 5.74) is 0. The monoisotopic (exact) mass is 282 g/mol. The van der Waals surface area contributed by atoms with E-state index in [1.54, 1.807) is 0 Å². The van der Waals surface area contributed by atoms with Crippen LogP contribution in [0.4, 0.5) is 4.39 Å². The molecule has 5 nitrogen and oxygen atoms in total. The molecule has 1 fully saturated rings. The van der Waals surface area contributed by atoms with E-state index in [0.717, 1.165) is 25.0 Å². The number of aromatic nitrogens is 2. The maximum atomic E-state index is 12.8. The van der Waals surface area contributed by atoms with Gasteiger partial charge in [-0.3, -0.25) is 0 Å². The molecule has 1 aromatic carbocycles. The van der Waals surface area contributed by atoms with Crippen molar-refractivity contribution in [2.24, 2.45) is 0 Å². The van der Waals surface area contributed by atoms with Crippen molar-refractivity contribution >= 4 is 9.84 Å². The van der Waals surface area contributed by atoms with Gasteiger partial charge in [-0.25, -0.2) is 12.8 Å². The first-order valence-electron chi connectivity index (χ1n) is 5.85. The number of hydrogen-bond acceptors (Lipinski definition) is 5. The molecule has 1 heterocycles. The molecule has 1 aromatic heterocycles.